The highest BCUT2D eigenvalue weighted by molar-refractivity contribution is 7.17. The molecule has 0 fully saturated rings. The minimum atomic E-state index is -0.320. The molecule has 9 heteroatoms. The molecule has 0 atom stereocenters. The third-order valence-corrected chi connectivity index (χ3v) is 6.19. The van der Waals surface area contributed by atoms with Crippen LogP contribution in [0.3, 0.4) is 0 Å². The molecule has 1 aliphatic heterocycles. The molecule has 8 nitrogen and oxygen atoms in total. The van der Waals surface area contributed by atoms with Crippen molar-refractivity contribution in [3.05, 3.63) is 59.5 Å². The van der Waals surface area contributed by atoms with E-state index < -0.39 is 0 Å². The van der Waals surface area contributed by atoms with Crippen molar-refractivity contribution in [2.75, 3.05) is 17.2 Å². The number of carbonyl (C=O) groups is 2. The van der Waals surface area contributed by atoms with E-state index in [4.69, 9.17) is 14.7 Å². The molecule has 3 heterocycles. The number of fused-ring (bicyclic) bond motifs is 2. The minimum Gasteiger partial charge on any atom is -0.484 e. The van der Waals surface area contributed by atoms with Crippen molar-refractivity contribution in [3.8, 4) is 17.1 Å². The molecule has 2 amide bonds. The van der Waals surface area contributed by atoms with E-state index in [1.165, 1.54) is 0 Å². The van der Waals surface area contributed by atoms with Crippen molar-refractivity contribution in [3.63, 3.8) is 0 Å². The zero-order chi connectivity index (χ0) is 24.6. The lowest BCUT2D eigenvalue weighted by Gasteiger charge is -2.20. The molecule has 0 saturated carbocycles. The molecule has 0 radical (unpaired) electrons. The largest absolute Gasteiger partial charge is 0.484 e. The summed E-state index contributed by atoms with van der Waals surface area (Å²) in [5.41, 5.74) is 3.91. The number of nitrogens with zero attached hydrogens (tertiary/aromatic N) is 2. The van der Waals surface area contributed by atoms with Crippen LogP contribution >= 0.6 is 11.3 Å². The van der Waals surface area contributed by atoms with Crippen LogP contribution in [0.25, 0.3) is 21.6 Å². The predicted octanol–water partition coefficient (Wildman–Crippen LogP) is 4.89. The topological polar surface area (TPSA) is 105 Å². The Balaban J connectivity index is 1.40. The van der Waals surface area contributed by atoms with E-state index in [1.54, 1.807) is 17.4 Å². The summed E-state index contributed by atoms with van der Waals surface area (Å²) in [6.07, 6.45) is 0.402. The molecule has 5 rings (SSSR count). The van der Waals surface area contributed by atoms with Gasteiger partial charge in [-0.15, -0.1) is 11.3 Å². The Hall–Kier alpha value is -3.98. The standard InChI is InChI=1S/C26H25N5O3S/c1-26(2,3)31-22(33)14-34-18-6-4-5-16(11-18)24-29-19-9-10-35-23(19)25(30-24)27-17-8-7-15-12-21(32)28-20(15)13-17/h4-11,13H,12,14H2,1-3H3,(H,28,32)(H,31,33)(H,27,29,30). The smallest absolute Gasteiger partial charge is 0.258 e. The molecule has 2 aromatic carbocycles. The lowest BCUT2D eigenvalue weighted by molar-refractivity contribution is -0.124. The second kappa shape index (κ2) is 8.99. The summed E-state index contributed by atoms with van der Waals surface area (Å²) in [6.45, 7) is 5.70. The second-order valence-corrected chi connectivity index (χ2v) is 10.3. The van der Waals surface area contributed by atoms with Gasteiger partial charge in [-0.25, -0.2) is 9.97 Å². The molecule has 1 aliphatic rings. The number of hydrogen-bond acceptors (Lipinski definition) is 7. The van der Waals surface area contributed by atoms with Crippen LogP contribution in [0.2, 0.25) is 0 Å². The highest BCUT2D eigenvalue weighted by Gasteiger charge is 2.19. The Morgan fingerprint density at radius 3 is 2.83 bits per heavy atom. The fourth-order valence-electron chi connectivity index (χ4n) is 3.83. The Bertz CT molecular complexity index is 1440. The van der Waals surface area contributed by atoms with Crippen molar-refractivity contribution < 1.29 is 14.3 Å². The maximum Gasteiger partial charge on any atom is 0.258 e. The van der Waals surface area contributed by atoms with Gasteiger partial charge in [0, 0.05) is 22.5 Å². The summed E-state index contributed by atoms with van der Waals surface area (Å²) in [5, 5.41) is 11.1. The predicted molar refractivity (Wildman–Crippen MR) is 138 cm³/mol. The monoisotopic (exact) mass is 487 g/mol. The Morgan fingerprint density at radius 1 is 1.14 bits per heavy atom. The molecule has 0 bridgehead atoms. The summed E-state index contributed by atoms with van der Waals surface area (Å²) in [4.78, 5) is 33.3. The van der Waals surface area contributed by atoms with E-state index in [9.17, 15) is 9.59 Å². The van der Waals surface area contributed by atoms with E-state index in [0.29, 0.717) is 23.8 Å². The van der Waals surface area contributed by atoms with Crippen molar-refractivity contribution in [1.82, 2.24) is 15.3 Å². The number of carbonyl (C=O) groups excluding carboxylic acids is 2. The molecule has 3 N–H and O–H groups in total. The maximum atomic E-state index is 12.1. The van der Waals surface area contributed by atoms with Crippen LogP contribution in [0.15, 0.2) is 53.9 Å². The maximum absolute atomic E-state index is 12.1. The number of aromatic nitrogens is 2. The van der Waals surface area contributed by atoms with Crippen LogP contribution < -0.4 is 20.7 Å². The molecule has 0 spiro atoms. The lowest BCUT2D eigenvalue weighted by Crippen LogP contribution is -2.43. The van der Waals surface area contributed by atoms with E-state index in [-0.39, 0.29) is 24.0 Å². The summed E-state index contributed by atoms with van der Waals surface area (Å²) in [6, 6.07) is 15.1. The summed E-state index contributed by atoms with van der Waals surface area (Å²) < 4.78 is 6.64. The number of thiophene rings is 1. The molecule has 0 unspecified atom stereocenters. The summed E-state index contributed by atoms with van der Waals surface area (Å²) in [7, 11) is 0. The van der Waals surface area contributed by atoms with Gasteiger partial charge in [0.25, 0.3) is 5.91 Å². The number of anilines is 3. The highest BCUT2D eigenvalue weighted by atomic mass is 32.1. The van der Waals surface area contributed by atoms with Crippen LogP contribution in [0.4, 0.5) is 17.2 Å². The van der Waals surface area contributed by atoms with Gasteiger partial charge < -0.3 is 20.7 Å². The number of rotatable bonds is 6. The average molecular weight is 488 g/mol. The number of amides is 2. The van der Waals surface area contributed by atoms with Crippen molar-refractivity contribution in [2.45, 2.75) is 32.7 Å². The number of hydrogen-bond donors (Lipinski definition) is 3. The van der Waals surface area contributed by atoms with Crippen LogP contribution in [0.5, 0.6) is 5.75 Å². The summed E-state index contributed by atoms with van der Waals surface area (Å²) in [5.74, 6) is 1.60. The van der Waals surface area contributed by atoms with Crippen LogP contribution in [-0.2, 0) is 16.0 Å². The number of benzene rings is 2. The third-order valence-electron chi connectivity index (χ3n) is 5.28. The van der Waals surface area contributed by atoms with Crippen LogP contribution in [-0.4, -0.2) is 33.9 Å². The van der Waals surface area contributed by atoms with E-state index in [2.05, 4.69) is 16.0 Å². The van der Waals surface area contributed by atoms with Gasteiger partial charge in [-0.1, -0.05) is 18.2 Å². The first-order valence-electron chi connectivity index (χ1n) is 11.2. The minimum absolute atomic E-state index is 0.0000997. The van der Waals surface area contributed by atoms with Crippen LogP contribution in [0, 0.1) is 0 Å². The molecule has 2 aromatic heterocycles. The average Bonchev–Trinajstić information content (AvgIpc) is 3.42. The number of nitrogens with one attached hydrogen (secondary N) is 3. The van der Waals surface area contributed by atoms with E-state index in [0.717, 1.165) is 32.7 Å². The zero-order valence-corrected chi connectivity index (χ0v) is 20.5. The lowest BCUT2D eigenvalue weighted by atomic mass is 10.1. The van der Waals surface area contributed by atoms with Crippen molar-refractivity contribution >= 4 is 50.6 Å². The van der Waals surface area contributed by atoms with Crippen molar-refractivity contribution in [1.29, 1.82) is 0 Å². The van der Waals surface area contributed by atoms with Gasteiger partial charge in [0.2, 0.25) is 5.91 Å². The van der Waals surface area contributed by atoms with E-state index >= 15 is 0 Å². The van der Waals surface area contributed by atoms with Crippen molar-refractivity contribution in [2.24, 2.45) is 0 Å². The van der Waals surface area contributed by atoms with Gasteiger partial charge in [0.15, 0.2) is 18.2 Å². The molecule has 178 valence electrons. The van der Waals surface area contributed by atoms with Crippen LogP contribution in [0.1, 0.15) is 26.3 Å². The molecule has 35 heavy (non-hydrogen) atoms. The fraction of sp³-hybridized carbons (Fsp3) is 0.231. The van der Waals surface area contributed by atoms with Gasteiger partial charge in [0.1, 0.15) is 5.75 Å². The third kappa shape index (κ3) is 5.25. The van der Waals surface area contributed by atoms with Gasteiger partial charge >= 0.3 is 0 Å². The quantitative estimate of drug-likeness (QED) is 0.358. The normalized spacial score (nSPS) is 12.8. The van der Waals surface area contributed by atoms with Gasteiger partial charge in [-0.05, 0) is 62.0 Å². The Kier molecular flexibility index (Phi) is 5.86. The SMILES string of the molecule is CC(C)(C)NC(=O)COc1cccc(-c2nc(Nc3ccc4c(c3)NC(=O)C4)c3sccc3n2)c1. The number of ether oxygens (including phenoxy) is 1. The first-order valence-corrected chi connectivity index (χ1v) is 12.1. The first kappa shape index (κ1) is 22.8. The Morgan fingerprint density at radius 2 is 2.00 bits per heavy atom. The summed E-state index contributed by atoms with van der Waals surface area (Å²) >= 11 is 1.56. The molecule has 4 aromatic rings. The molecular weight excluding hydrogens is 462 g/mol. The Labute approximate surface area is 206 Å². The molecular formula is C26H25N5O3S. The molecule has 0 saturated heterocycles. The second-order valence-electron chi connectivity index (χ2n) is 9.37. The first-order chi connectivity index (χ1) is 16.7. The van der Waals surface area contributed by atoms with E-state index in [1.807, 2.05) is 68.6 Å². The highest BCUT2D eigenvalue weighted by Crippen LogP contribution is 2.33. The van der Waals surface area contributed by atoms with Gasteiger partial charge in [-0.3, -0.25) is 9.59 Å². The van der Waals surface area contributed by atoms with Gasteiger partial charge in [0.05, 0.1) is 16.6 Å². The fourth-order valence-corrected chi connectivity index (χ4v) is 4.61. The zero-order valence-electron chi connectivity index (χ0n) is 19.6. The van der Waals surface area contributed by atoms with Gasteiger partial charge in [-0.2, -0.15) is 0 Å². The molecule has 0 aliphatic carbocycles.